The minimum Gasteiger partial charge on any atom is -0.147 e. The first-order valence-corrected chi connectivity index (χ1v) is 5.56. The first kappa shape index (κ1) is 12.0. The molecule has 0 atom stereocenters. The summed E-state index contributed by atoms with van der Waals surface area (Å²) >= 11 is 0.513. The minimum atomic E-state index is 0. The summed E-state index contributed by atoms with van der Waals surface area (Å²) in [5.41, 5.74) is 0. The normalized spacial score (nSPS) is 9.25. The number of benzene rings is 1. The Bertz CT molecular complexity index is 196. The van der Waals surface area contributed by atoms with Crippen molar-refractivity contribution in [3.8, 4) is 0 Å². The highest BCUT2D eigenvalue weighted by molar-refractivity contribution is 6.53. The number of rotatable bonds is 3. The molecule has 12 heavy (non-hydrogen) atoms. The summed E-state index contributed by atoms with van der Waals surface area (Å²) in [7, 11) is 0. The van der Waals surface area contributed by atoms with Crippen molar-refractivity contribution in [2.75, 3.05) is 0 Å². The molecule has 0 saturated heterocycles. The van der Waals surface area contributed by atoms with Gasteiger partial charge in [0.2, 0.25) is 0 Å². The van der Waals surface area contributed by atoms with Crippen molar-refractivity contribution in [1.82, 2.24) is 0 Å². The zero-order valence-corrected chi connectivity index (χ0v) is 9.63. The van der Waals surface area contributed by atoms with Gasteiger partial charge in [-0.3, -0.25) is 0 Å². The van der Waals surface area contributed by atoms with Crippen LogP contribution < -0.4 is 4.43 Å². The molecular formula is C10H15AlCl. The van der Waals surface area contributed by atoms with Crippen LogP contribution in [0.3, 0.4) is 0 Å². The van der Waals surface area contributed by atoms with Crippen molar-refractivity contribution in [2.24, 2.45) is 5.92 Å². The average Bonchev–Trinajstić information content (AvgIpc) is 2.03. The van der Waals surface area contributed by atoms with Crippen LogP contribution in [0.25, 0.3) is 0 Å². The smallest absolute Gasteiger partial charge is 0.147 e. The Balaban J connectivity index is 0.00000121. The second-order valence-electron chi connectivity index (χ2n) is 3.24. The summed E-state index contributed by atoms with van der Waals surface area (Å²) in [4.78, 5) is 0. The van der Waals surface area contributed by atoms with Gasteiger partial charge in [-0.1, -0.05) is 55.4 Å². The Labute approximate surface area is 87.5 Å². The van der Waals surface area contributed by atoms with Gasteiger partial charge in [0, 0.05) is 0 Å². The third kappa shape index (κ3) is 4.83. The van der Waals surface area contributed by atoms with Gasteiger partial charge < -0.3 is 0 Å². The van der Waals surface area contributed by atoms with Crippen LogP contribution in [0.1, 0.15) is 13.8 Å². The first-order valence-electron chi connectivity index (χ1n) is 4.17. The van der Waals surface area contributed by atoms with Gasteiger partial charge in [-0.25, -0.2) is 0 Å². The highest BCUT2D eigenvalue weighted by Gasteiger charge is 1.97. The minimum absolute atomic E-state index is 0. The van der Waals surface area contributed by atoms with Crippen LogP contribution in [0.5, 0.6) is 0 Å². The molecule has 65 valence electrons. The molecule has 1 radical (unpaired) electrons. The maximum Gasteiger partial charge on any atom is 0.250 e. The summed E-state index contributed by atoms with van der Waals surface area (Å²) in [5.74, 6) is 0.852. The van der Waals surface area contributed by atoms with Crippen LogP contribution >= 0.6 is 12.4 Å². The van der Waals surface area contributed by atoms with Crippen molar-refractivity contribution in [3.05, 3.63) is 30.3 Å². The summed E-state index contributed by atoms with van der Waals surface area (Å²) < 4.78 is 1.54. The Morgan fingerprint density at radius 1 is 1.17 bits per heavy atom. The van der Waals surface area contributed by atoms with Crippen molar-refractivity contribution in [2.45, 2.75) is 19.1 Å². The van der Waals surface area contributed by atoms with E-state index in [-0.39, 0.29) is 12.4 Å². The standard InChI is InChI=1S/C6H5.C4H9.Al.ClH/c1-2-4-6-5-3-1;1-4(2)3;;/h1-5H;4H,1H2,2-3H3;;1H. The van der Waals surface area contributed by atoms with Crippen LogP contribution in [-0.4, -0.2) is 15.2 Å². The quantitative estimate of drug-likeness (QED) is 0.654. The molecule has 0 amide bonds. The molecule has 0 nitrogen and oxygen atoms in total. The highest BCUT2D eigenvalue weighted by atomic mass is 35.5. The Kier molecular flexibility index (Phi) is 6.57. The zero-order valence-electron chi connectivity index (χ0n) is 7.66. The molecule has 2 heteroatoms. The Hall–Kier alpha value is 0.0425. The third-order valence-corrected chi connectivity index (χ3v) is 3.66. The van der Waals surface area contributed by atoms with E-state index < -0.39 is 0 Å². The van der Waals surface area contributed by atoms with E-state index in [9.17, 15) is 0 Å². The van der Waals surface area contributed by atoms with E-state index >= 15 is 0 Å². The van der Waals surface area contributed by atoms with E-state index in [1.54, 1.807) is 4.43 Å². The van der Waals surface area contributed by atoms with Crippen molar-refractivity contribution < 1.29 is 0 Å². The van der Waals surface area contributed by atoms with Crippen LogP contribution in [0.2, 0.25) is 5.28 Å². The molecule has 0 heterocycles. The van der Waals surface area contributed by atoms with Gasteiger partial charge in [-0.2, -0.15) is 0 Å². The molecule has 0 spiro atoms. The maximum atomic E-state index is 2.29. The second kappa shape index (κ2) is 6.55. The lowest BCUT2D eigenvalue weighted by molar-refractivity contribution is 0.732. The zero-order chi connectivity index (χ0) is 8.10. The second-order valence-corrected chi connectivity index (χ2v) is 4.79. The van der Waals surface area contributed by atoms with E-state index in [4.69, 9.17) is 0 Å². The Morgan fingerprint density at radius 3 is 2.25 bits per heavy atom. The number of hydrogen-bond donors (Lipinski definition) is 0. The molecule has 0 N–H and O–H groups in total. The fourth-order valence-electron chi connectivity index (χ4n) is 0.961. The molecule has 0 saturated carbocycles. The van der Waals surface area contributed by atoms with Gasteiger partial charge in [0.25, 0.3) is 15.2 Å². The predicted octanol–water partition coefficient (Wildman–Crippen LogP) is 2.51. The molecule has 0 aliphatic rings. The molecule has 0 fully saturated rings. The highest BCUT2D eigenvalue weighted by Crippen LogP contribution is 1.98. The fourth-order valence-corrected chi connectivity index (χ4v) is 2.20. The van der Waals surface area contributed by atoms with Gasteiger partial charge in [0.15, 0.2) is 0 Å². The summed E-state index contributed by atoms with van der Waals surface area (Å²) in [5, 5.41) is 1.38. The molecule has 0 aromatic heterocycles. The maximum absolute atomic E-state index is 2.29. The van der Waals surface area contributed by atoms with E-state index in [1.165, 1.54) is 5.28 Å². The number of hydrogen-bond acceptors (Lipinski definition) is 0. The lowest BCUT2D eigenvalue weighted by atomic mass is 10.3. The molecule has 1 aromatic carbocycles. The summed E-state index contributed by atoms with van der Waals surface area (Å²) in [6, 6.07) is 10.8. The molecule has 1 rings (SSSR count). The van der Waals surface area contributed by atoms with E-state index in [0.29, 0.717) is 15.2 Å². The Morgan fingerprint density at radius 2 is 1.75 bits per heavy atom. The van der Waals surface area contributed by atoms with E-state index in [0.717, 1.165) is 5.92 Å². The van der Waals surface area contributed by atoms with Crippen molar-refractivity contribution >= 4 is 32.1 Å². The first-order chi connectivity index (χ1) is 5.29. The van der Waals surface area contributed by atoms with Crippen LogP contribution in [0, 0.1) is 5.92 Å². The predicted molar refractivity (Wildman–Crippen MR) is 58.7 cm³/mol. The van der Waals surface area contributed by atoms with Crippen LogP contribution in [0.15, 0.2) is 30.3 Å². The van der Waals surface area contributed by atoms with Crippen molar-refractivity contribution in [1.29, 1.82) is 0 Å². The largest absolute Gasteiger partial charge is 0.250 e. The van der Waals surface area contributed by atoms with E-state index in [1.807, 2.05) is 0 Å². The van der Waals surface area contributed by atoms with Gasteiger partial charge >= 0.3 is 0 Å². The van der Waals surface area contributed by atoms with Gasteiger partial charge in [-0.05, 0) is 0 Å². The van der Waals surface area contributed by atoms with Crippen LogP contribution in [0.4, 0.5) is 0 Å². The van der Waals surface area contributed by atoms with Gasteiger partial charge in [0.05, 0.1) is 0 Å². The molecular weight excluding hydrogens is 183 g/mol. The molecule has 1 aromatic rings. The van der Waals surface area contributed by atoms with Crippen molar-refractivity contribution in [3.63, 3.8) is 0 Å². The SMILES string of the molecule is CC(C)[CH2][Al][c]1ccccc1.Cl. The molecule has 0 aliphatic heterocycles. The molecule has 0 unspecified atom stereocenters. The summed E-state index contributed by atoms with van der Waals surface area (Å²) in [6.07, 6.45) is 0. The van der Waals surface area contributed by atoms with E-state index in [2.05, 4.69) is 44.2 Å². The van der Waals surface area contributed by atoms with Gasteiger partial charge in [-0.15, -0.1) is 16.8 Å². The topological polar surface area (TPSA) is 0 Å². The molecule has 0 bridgehead atoms. The monoisotopic (exact) mass is 197 g/mol. The van der Waals surface area contributed by atoms with Gasteiger partial charge in [0.1, 0.15) is 0 Å². The fraction of sp³-hybridized carbons (Fsp3) is 0.400. The lowest BCUT2D eigenvalue weighted by Crippen LogP contribution is -2.14. The lowest BCUT2D eigenvalue weighted by Gasteiger charge is -2.01. The number of halogens is 1. The third-order valence-electron chi connectivity index (χ3n) is 1.62. The van der Waals surface area contributed by atoms with Crippen LogP contribution in [-0.2, 0) is 0 Å². The summed E-state index contributed by atoms with van der Waals surface area (Å²) in [6.45, 7) is 4.58. The average molecular weight is 198 g/mol. The molecule has 0 aliphatic carbocycles.